The second-order valence-electron chi connectivity index (χ2n) is 4.57. The molecule has 0 radical (unpaired) electrons. The average Bonchev–Trinajstić information content (AvgIpc) is 2.46. The van der Waals surface area contributed by atoms with Crippen molar-refractivity contribution in [3.63, 3.8) is 0 Å². The number of aromatic nitrogens is 1. The molecule has 0 bridgehead atoms. The largest absolute Gasteiger partial charge is 0.244 e. The molecule has 2 rings (SSSR count). The minimum atomic E-state index is -3.65. The summed E-state index contributed by atoms with van der Waals surface area (Å²) >= 11 is 11.6. The summed E-state index contributed by atoms with van der Waals surface area (Å²) in [7, 11) is -2.12. The highest BCUT2D eigenvalue weighted by Gasteiger charge is 2.26. The Bertz CT molecular complexity index is 733. The zero-order chi connectivity index (χ0) is 15.6. The van der Waals surface area contributed by atoms with E-state index < -0.39 is 10.0 Å². The fourth-order valence-electron chi connectivity index (χ4n) is 1.87. The molecule has 7 heteroatoms. The minimum absolute atomic E-state index is 0.100. The van der Waals surface area contributed by atoms with Crippen molar-refractivity contribution < 1.29 is 8.42 Å². The molecule has 0 saturated carbocycles. The fraction of sp³-hybridized carbons (Fsp3) is 0.214. The van der Waals surface area contributed by atoms with Gasteiger partial charge in [0.05, 0.1) is 0 Å². The van der Waals surface area contributed by atoms with Crippen LogP contribution in [0.15, 0.2) is 47.5 Å². The van der Waals surface area contributed by atoms with Crippen LogP contribution in [-0.4, -0.2) is 24.8 Å². The van der Waals surface area contributed by atoms with Crippen LogP contribution in [-0.2, 0) is 10.0 Å². The molecule has 1 unspecified atom stereocenters. The van der Waals surface area contributed by atoms with Crippen LogP contribution in [0.25, 0.3) is 0 Å². The van der Waals surface area contributed by atoms with E-state index in [1.54, 1.807) is 25.1 Å². The molecular formula is C14H14Cl2N2O2S. The lowest BCUT2D eigenvalue weighted by molar-refractivity contribution is 0.398. The van der Waals surface area contributed by atoms with Crippen molar-refractivity contribution in [3.8, 4) is 0 Å². The van der Waals surface area contributed by atoms with Gasteiger partial charge in [0, 0.05) is 24.3 Å². The lowest BCUT2D eigenvalue weighted by Crippen LogP contribution is -2.29. The molecule has 0 fully saturated rings. The predicted molar refractivity (Wildman–Crippen MR) is 84.1 cm³/mol. The third-order valence-electron chi connectivity index (χ3n) is 3.25. The monoisotopic (exact) mass is 344 g/mol. The molecule has 1 atom stereocenters. The van der Waals surface area contributed by atoms with E-state index in [2.05, 4.69) is 4.98 Å². The van der Waals surface area contributed by atoms with Crippen molar-refractivity contribution in [2.75, 3.05) is 7.05 Å². The topological polar surface area (TPSA) is 50.3 Å². The first-order valence-corrected chi connectivity index (χ1v) is 8.37. The molecule has 0 N–H and O–H groups in total. The van der Waals surface area contributed by atoms with Gasteiger partial charge in [-0.1, -0.05) is 35.3 Å². The third kappa shape index (κ3) is 3.55. The lowest BCUT2D eigenvalue weighted by atomic mass is 10.1. The van der Waals surface area contributed by atoms with Crippen LogP contribution in [0.1, 0.15) is 18.5 Å². The van der Waals surface area contributed by atoms with Crippen molar-refractivity contribution in [3.05, 3.63) is 58.3 Å². The zero-order valence-electron chi connectivity index (χ0n) is 11.5. The van der Waals surface area contributed by atoms with Crippen LogP contribution in [0.2, 0.25) is 10.2 Å². The van der Waals surface area contributed by atoms with Crippen molar-refractivity contribution in [2.24, 2.45) is 0 Å². The van der Waals surface area contributed by atoms with Crippen LogP contribution < -0.4 is 0 Å². The van der Waals surface area contributed by atoms with Gasteiger partial charge < -0.3 is 0 Å². The van der Waals surface area contributed by atoms with Crippen LogP contribution >= 0.6 is 23.2 Å². The Morgan fingerprint density at radius 1 is 1.19 bits per heavy atom. The summed E-state index contributed by atoms with van der Waals surface area (Å²) in [5.41, 5.74) is 0.815. The number of rotatable bonds is 4. The number of pyridine rings is 1. The SMILES string of the molecule is CC(c1cccc(Cl)c1)N(C)S(=O)(=O)c1ccc(Cl)nc1. The number of halogens is 2. The Kier molecular flexibility index (Phi) is 4.88. The number of nitrogens with zero attached hydrogens (tertiary/aromatic N) is 2. The summed E-state index contributed by atoms with van der Waals surface area (Å²) in [5, 5.41) is 0.817. The summed E-state index contributed by atoms with van der Waals surface area (Å²) in [6.45, 7) is 1.80. The summed E-state index contributed by atoms with van der Waals surface area (Å²) in [6, 6.07) is 9.65. The van der Waals surface area contributed by atoms with E-state index >= 15 is 0 Å². The Labute approximate surface area is 134 Å². The van der Waals surface area contributed by atoms with Gasteiger partial charge in [-0.25, -0.2) is 13.4 Å². The van der Waals surface area contributed by atoms with E-state index in [1.165, 1.54) is 29.7 Å². The Balaban J connectivity index is 2.33. The van der Waals surface area contributed by atoms with E-state index in [9.17, 15) is 8.42 Å². The van der Waals surface area contributed by atoms with Gasteiger partial charge in [-0.2, -0.15) is 4.31 Å². The fourth-order valence-corrected chi connectivity index (χ4v) is 3.47. The molecule has 112 valence electrons. The van der Waals surface area contributed by atoms with E-state index in [0.717, 1.165) is 5.56 Å². The highest BCUT2D eigenvalue weighted by atomic mass is 35.5. The zero-order valence-corrected chi connectivity index (χ0v) is 13.8. The standard InChI is InChI=1S/C14H14Cl2N2O2S/c1-10(11-4-3-5-12(15)8-11)18(2)21(19,20)13-6-7-14(16)17-9-13/h3-10H,1-2H3. The highest BCUT2D eigenvalue weighted by molar-refractivity contribution is 7.89. The van der Waals surface area contributed by atoms with Crippen LogP contribution in [0.3, 0.4) is 0 Å². The number of benzene rings is 1. The quantitative estimate of drug-likeness (QED) is 0.793. The first kappa shape index (κ1) is 16.2. The van der Waals surface area contributed by atoms with E-state index in [4.69, 9.17) is 23.2 Å². The molecule has 0 spiro atoms. The predicted octanol–water partition coefficient (Wildman–Crippen LogP) is 3.77. The summed E-state index contributed by atoms with van der Waals surface area (Å²) < 4.78 is 26.4. The summed E-state index contributed by atoms with van der Waals surface area (Å²) in [6.07, 6.45) is 1.25. The average molecular weight is 345 g/mol. The molecule has 1 aromatic carbocycles. The summed E-state index contributed by atoms with van der Waals surface area (Å²) in [4.78, 5) is 3.91. The molecule has 21 heavy (non-hydrogen) atoms. The molecule has 4 nitrogen and oxygen atoms in total. The maximum atomic E-state index is 12.6. The Hall–Kier alpha value is -1.14. The maximum absolute atomic E-state index is 12.6. The summed E-state index contributed by atoms with van der Waals surface area (Å²) in [5.74, 6) is 0. The molecular weight excluding hydrogens is 331 g/mol. The van der Waals surface area contributed by atoms with Crippen LogP contribution in [0.4, 0.5) is 0 Å². The first-order valence-electron chi connectivity index (χ1n) is 6.17. The van der Waals surface area contributed by atoms with Gasteiger partial charge in [0.1, 0.15) is 10.0 Å². The molecule has 0 aliphatic carbocycles. The Morgan fingerprint density at radius 2 is 1.90 bits per heavy atom. The number of hydrogen-bond donors (Lipinski definition) is 0. The molecule has 0 aliphatic heterocycles. The van der Waals surface area contributed by atoms with Crippen molar-refractivity contribution in [1.29, 1.82) is 0 Å². The van der Waals surface area contributed by atoms with Crippen LogP contribution in [0, 0.1) is 0 Å². The van der Waals surface area contributed by atoms with Crippen molar-refractivity contribution in [2.45, 2.75) is 17.9 Å². The van der Waals surface area contributed by atoms with Crippen molar-refractivity contribution >= 4 is 33.2 Å². The van der Waals surface area contributed by atoms with Gasteiger partial charge in [-0.3, -0.25) is 0 Å². The molecule has 2 aromatic rings. The Morgan fingerprint density at radius 3 is 2.48 bits per heavy atom. The smallest absolute Gasteiger partial charge is 0.243 e. The molecule has 0 amide bonds. The van der Waals surface area contributed by atoms with Crippen molar-refractivity contribution in [1.82, 2.24) is 9.29 Å². The van der Waals surface area contributed by atoms with Gasteiger partial charge in [-0.05, 0) is 36.8 Å². The second-order valence-corrected chi connectivity index (χ2v) is 7.39. The van der Waals surface area contributed by atoms with Gasteiger partial charge >= 0.3 is 0 Å². The second kappa shape index (κ2) is 6.32. The molecule has 0 aliphatic rings. The van der Waals surface area contributed by atoms with Gasteiger partial charge in [0.2, 0.25) is 10.0 Å². The van der Waals surface area contributed by atoms with E-state index in [-0.39, 0.29) is 16.1 Å². The van der Waals surface area contributed by atoms with Gasteiger partial charge in [-0.15, -0.1) is 0 Å². The molecule has 1 aromatic heterocycles. The van der Waals surface area contributed by atoms with Crippen LogP contribution in [0.5, 0.6) is 0 Å². The van der Waals surface area contributed by atoms with E-state index in [1.807, 2.05) is 6.07 Å². The third-order valence-corrected chi connectivity index (χ3v) is 5.62. The maximum Gasteiger partial charge on any atom is 0.244 e. The first-order chi connectivity index (χ1) is 9.82. The normalized spacial score (nSPS) is 13.4. The number of sulfonamides is 1. The van der Waals surface area contributed by atoms with E-state index in [0.29, 0.717) is 5.02 Å². The van der Waals surface area contributed by atoms with Gasteiger partial charge in [0.15, 0.2) is 0 Å². The molecule has 0 saturated heterocycles. The highest BCUT2D eigenvalue weighted by Crippen LogP contribution is 2.27. The number of hydrogen-bond acceptors (Lipinski definition) is 3. The lowest BCUT2D eigenvalue weighted by Gasteiger charge is -2.24. The minimum Gasteiger partial charge on any atom is -0.243 e. The molecule has 1 heterocycles. The van der Waals surface area contributed by atoms with Gasteiger partial charge in [0.25, 0.3) is 0 Å².